The van der Waals surface area contributed by atoms with E-state index in [0.29, 0.717) is 23.6 Å². The third-order valence-corrected chi connectivity index (χ3v) is 5.19. The maximum atomic E-state index is 12.7. The molecule has 160 valence electrons. The van der Waals surface area contributed by atoms with Crippen LogP contribution < -0.4 is 15.4 Å². The Hall–Kier alpha value is -3.73. The summed E-state index contributed by atoms with van der Waals surface area (Å²) in [4.78, 5) is 36.5. The van der Waals surface area contributed by atoms with Gasteiger partial charge in [0.25, 0.3) is 5.69 Å². The number of nitrogens with two attached hydrogens (primary N) is 1. The maximum absolute atomic E-state index is 12.7. The minimum absolute atomic E-state index is 0.00127. The molecule has 1 aliphatic heterocycles. The van der Waals surface area contributed by atoms with Gasteiger partial charge in [0.1, 0.15) is 11.0 Å². The van der Waals surface area contributed by atoms with E-state index >= 15 is 0 Å². The smallest absolute Gasteiger partial charge is 0.270 e. The van der Waals surface area contributed by atoms with Crippen molar-refractivity contribution in [2.45, 2.75) is 18.6 Å². The van der Waals surface area contributed by atoms with Gasteiger partial charge in [0, 0.05) is 24.1 Å². The van der Waals surface area contributed by atoms with E-state index in [0.717, 1.165) is 16.7 Å². The third-order valence-electron chi connectivity index (χ3n) is 4.22. The molecule has 1 fully saturated rings. The van der Waals surface area contributed by atoms with Gasteiger partial charge in [-0.2, -0.15) is 5.10 Å². The Morgan fingerprint density at radius 2 is 2.06 bits per heavy atom. The first-order valence-corrected chi connectivity index (χ1v) is 10.1. The van der Waals surface area contributed by atoms with E-state index < -0.39 is 10.2 Å². The molecule has 1 aliphatic rings. The summed E-state index contributed by atoms with van der Waals surface area (Å²) in [6.45, 7) is 2.38. The van der Waals surface area contributed by atoms with E-state index in [4.69, 9.17) is 10.5 Å². The molecule has 2 N–H and O–H groups in total. The quantitative estimate of drug-likeness (QED) is 0.229. The summed E-state index contributed by atoms with van der Waals surface area (Å²) in [6, 6.07) is 12.5. The number of amidine groups is 1. The molecule has 1 atom stereocenters. The van der Waals surface area contributed by atoms with Crippen LogP contribution in [-0.4, -0.2) is 40.0 Å². The monoisotopic (exact) mass is 441 g/mol. The normalized spacial score (nSPS) is 16.9. The molecule has 2 aromatic carbocycles. The molecule has 0 spiro atoms. The van der Waals surface area contributed by atoms with E-state index in [2.05, 4.69) is 10.2 Å². The molecule has 1 heterocycles. The van der Waals surface area contributed by atoms with E-state index in [1.165, 1.54) is 24.4 Å². The molecule has 1 saturated heterocycles. The molecular weight excluding hydrogens is 422 g/mol. The molecule has 11 heteroatoms. The number of carbonyl (C=O) groups excluding carboxylic acids is 2. The number of nitro benzene ring substituents is 1. The fourth-order valence-electron chi connectivity index (χ4n) is 2.87. The van der Waals surface area contributed by atoms with Crippen LogP contribution >= 0.6 is 11.8 Å². The van der Waals surface area contributed by atoms with Crippen LogP contribution in [-0.2, 0) is 9.59 Å². The van der Waals surface area contributed by atoms with Crippen molar-refractivity contribution in [3.63, 3.8) is 0 Å². The van der Waals surface area contributed by atoms with Gasteiger partial charge in [-0.3, -0.25) is 19.7 Å². The van der Waals surface area contributed by atoms with Crippen LogP contribution in [0.2, 0.25) is 0 Å². The number of nitrogens with zero attached hydrogens (tertiary/aromatic N) is 4. The Balaban J connectivity index is 1.64. The number of hydrogen-bond donors (Lipinski definition) is 1. The van der Waals surface area contributed by atoms with Crippen molar-refractivity contribution in [1.82, 2.24) is 0 Å². The van der Waals surface area contributed by atoms with Crippen LogP contribution in [0.3, 0.4) is 0 Å². The second-order valence-electron chi connectivity index (χ2n) is 6.34. The molecular formula is C20H19N5O5S. The number of nitro groups is 1. The van der Waals surface area contributed by atoms with Crippen LogP contribution in [0.4, 0.5) is 11.4 Å². The number of amides is 2. The van der Waals surface area contributed by atoms with Crippen molar-refractivity contribution >= 4 is 46.3 Å². The van der Waals surface area contributed by atoms with E-state index in [1.54, 1.807) is 30.3 Å². The molecule has 10 nitrogen and oxygen atoms in total. The molecule has 0 saturated carbocycles. The summed E-state index contributed by atoms with van der Waals surface area (Å²) in [5, 5.41) is 17.7. The zero-order valence-corrected chi connectivity index (χ0v) is 17.3. The first-order valence-electron chi connectivity index (χ1n) is 9.26. The molecule has 31 heavy (non-hydrogen) atoms. The summed E-state index contributed by atoms with van der Waals surface area (Å²) < 4.78 is 5.37. The fourth-order valence-corrected chi connectivity index (χ4v) is 3.68. The van der Waals surface area contributed by atoms with Gasteiger partial charge in [-0.25, -0.2) is 4.90 Å². The van der Waals surface area contributed by atoms with Crippen molar-refractivity contribution < 1.29 is 19.2 Å². The second kappa shape index (κ2) is 9.85. The van der Waals surface area contributed by atoms with Crippen molar-refractivity contribution in [3.8, 4) is 5.75 Å². The fraction of sp³-hybridized carbons (Fsp3) is 0.200. The van der Waals surface area contributed by atoms with Gasteiger partial charge >= 0.3 is 0 Å². The van der Waals surface area contributed by atoms with Crippen molar-refractivity contribution in [2.24, 2.45) is 15.9 Å². The number of non-ortho nitro benzene ring substituents is 1. The SMILES string of the molecule is CCOc1ccc(N2C(=O)CC(S/C(N)=N/N=C/c3cccc([N+](=O)[O-])c3)C2=O)cc1. The molecule has 3 rings (SSSR count). The summed E-state index contributed by atoms with van der Waals surface area (Å²) in [7, 11) is 0. The zero-order chi connectivity index (χ0) is 22.4. The summed E-state index contributed by atoms with van der Waals surface area (Å²) in [5.41, 5.74) is 6.70. The minimum Gasteiger partial charge on any atom is -0.494 e. The van der Waals surface area contributed by atoms with E-state index in [1.807, 2.05) is 6.92 Å². The Morgan fingerprint density at radius 1 is 1.32 bits per heavy atom. The summed E-state index contributed by atoms with van der Waals surface area (Å²) in [6.07, 6.45) is 1.30. The number of carbonyl (C=O) groups is 2. The van der Waals surface area contributed by atoms with Crippen LogP contribution in [0.5, 0.6) is 5.75 Å². The number of rotatable bonds is 7. The molecule has 0 aromatic heterocycles. The van der Waals surface area contributed by atoms with Gasteiger partial charge in [0.2, 0.25) is 11.8 Å². The number of hydrogen-bond acceptors (Lipinski definition) is 8. The topological polar surface area (TPSA) is 140 Å². The van der Waals surface area contributed by atoms with Gasteiger partial charge in [-0.1, -0.05) is 23.9 Å². The lowest BCUT2D eigenvalue weighted by Gasteiger charge is -2.15. The highest BCUT2D eigenvalue weighted by Gasteiger charge is 2.40. The summed E-state index contributed by atoms with van der Waals surface area (Å²) >= 11 is 0.941. The molecule has 0 aliphatic carbocycles. The number of anilines is 1. The van der Waals surface area contributed by atoms with Gasteiger partial charge in [-0.15, -0.1) is 5.10 Å². The van der Waals surface area contributed by atoms with Crippen LogP contribution in [0.15, 0.2) is 58.7 Å². The standard InChI is InChI=1S/C20H19N5O5S/c1-2-30-16-8-6-14(7-9-16)24-18(26)11-17(19(24)27)31-20(21)23-22-12-13-4-3-5-15(10-13)25(28)29/h3-10,12,17H,2,11H2,1H3,(H2,21,23)/b22-12+. The lowest BCUT2D eigenvalue weighted by Crippen LogP contribution is -2.31. The van der Waals surface area contributed by atoms with Crippen LogP contribution in [0, 0.1) is 10.1 Å². The summed E-state index contributed by atoms with van der Waals surface area (Å²) in [5.74, 6) is -0.0752. The van der Waals surface area contributed by atoms with Crippen molar-refractivity contribution in [2.75, 3.05) is 11.5 Å². The van der Waals surface area contributed by atoms with Crippen LogP contribution in [0.25, 0.3) is 0 Å². The lowest BCUT2D eigenvalue weighted by atomic mass is 10.2. The zero-order valence-electron chi connectivity index (χ0n) is 16.5. The molecule has 0 radical (unpaired) electrons. The highest BCUT2D eigenvalue weighted by Crippen LogP contribution is 2.30. The van der Waals surface area contributed by atoms with E-state index in [9.17, 15) is 19.7 Å². The number of benzene rings is 2. The molecule has 2 amide bonds. The highest BCUT2D eigenvalue weighted by molar-refractivity contribution is 8.14. The van der Waals surface area contributed by atoms with Gasteiger partial charge < -0.3 is 10.5 Å². The first-order chi connectivity index (χ1) is 14.9. The highest BCUT2D eigenvalue weighted by atomic mass is 32.2. The first kappa shape index (κ1) is 22.0. The Kier molecular flexibility index (Phi) is 6.98. The van der Waals surface area contributed by atoms with Crippen LogP contribution in [0.1, 0.15) is 18.9 Å². The second-order valence-corrected chi connectivity index (χ2v) is 7.56. The Bertz CT molecular complexity index is 1050. The average molecular weight is 441 g/mol. The predicted octanol–water partition coefficient (Wildman–Crippen LogP) is 2.71. The van der Waals surface area contributed by atoms with Crippen molar-refractivity contribution in [1.29, 1.82) is 0 Å². The van der Waals surface area contributed by atoms with Gasteiger partial charge in [-0.05, 0) is 31.2 Å². The van der Waals surface area contributed by atoms with Gasteiger partial charge in [0.05, 0.1) is 23.4 Å². The van der Waals surface area contributed by atoms with Gasteiger partial charge in [0.15, 0.2) is 5.17 Å². The maximum Gasteiger partial charge on any atom is 0.270 e. The van der Waals surface area contributed by atoms with Crippen molar-refractivity contribution in [3.05, 3.63) is 64.2 Å². The van der Waals surface area contributed by atoms with E-state index in [-0.39, 0.29) is 29.1 Å². The molecule has 0 bridgehead atoms. The number of imide groups is 1. The number of ether oxygens (including phenoxy) is 1. The molecule has 1 unspecified atom stereocenters. The molecule has 2 aromatic rings. The number of thioether (sulfide) groups is 1. The predicted molar refractivity (Wildman–Crippen MR) is 118 cm³/mol. The largest absolute Gasteiger partial charge is 0.494 e. The third kappa shape index (κ3) is 5.45. The lowest BCUT2D eigenvalue weighted by molar-refractivity contribution is -0.384. The Morgan fingerprint density at radius 3 is 2.74 bits per heavy atom. The average Bonchev–Trinajstić information content (AvgIpc) is 3.02. The Labute approximate surface area is 181 Å². The minimum atomic E-state index is -0.712.